The Kier molecular flexibility index (Phi) is 10.8. The first-order chi connectivity index (χ1) is 10.0. The first kappa shape index (κ1) is 19.1. The number of primary amides is 1. The number of rotatable bonds is 11. The lowest BCUT2D eigenvalue weighted by atomic mass is 10.2. The van der Waals surface area contributed by atoms with Crippen molar-refractivity contribution >= 4 is 17.8 Å². The molecule has 21 heavy (non-hydrogen) atoms. The lowest BCUT2D eigenvalue weighted by molar-refractivity contribution is -0.137. The van der Waals surface area contributed by atoms with Crippen LogP contribution in [0.4, 0.5) is 0 Å². The predicted octanol–water partition coefficient (Wildman–Crippen LogP) is -0.871. The molecule has 0 saturated carbocycles. The maximum Gasteiger partial charge on any atom is 0.330 e. The number of hydrogen-bond donors (Lipinski definition) is 2. The Hall–Kier alpha value is -1.93. The highest BCUT2D eigenvalue weighted by atomic mass is 16.5. The Morgan fingerprint density at radius 2 is 2.00 bits per heavy atom. The van der Waals surface area contributed by atoms with Crippen LogP contribution in [-0.4, -0.2) is 57.4 Å². The summed E-state index contributed by atoms with van der Waals surface area (Å²) in [6.07, 6.45) is 2.69. The fourth-order valence-electron chi connectivity index (χ4n) is 1.28. The van der Waals surface area contributed by atoms with Gasteiger partial charge in [0, 0.05) is 13.2 Å². The third-order valence-corrected chi connectivity index (χ3v) is 2.26. The molecule has 120 valence electrons. The van der Waals surface area contributed by atoms with E-state index in [0.717, 1.165) is 0 Å². The van der Waals surface area contributed by atoms with Crippen molar-refractivity contribution in [1.29, 1.82) is 0 Å². The number of nitrogens with two attached hydrogens (primary N) is 1. The third kappa shape index (κ3) is 10.5. The zero-order chi connectivity index (χ0) is 16.1. The van der Waals surface area contributed by atoms with Gasteiger partial charge in [-0.25, -0.2) is 4.79 Å². The van der Waals surface area contributed by atoms with Crippen LogP contribution < -0.4 is 11.1 Å². The minimum atomic E-state index is -0.908. The van der Waals surface area contributed by atoms with Crippen LogP contribution in [0.2, 0.25) is 0 Å². The molecule has 0 bridgehead atoms. The molecule has 0 fully saturated rings. The Bertz CT molecular complexity index is 370. The molecule has 0 aliphatic rings. The molecule has 1 atom stereocenters. The fraction of sp³-hybridized carbons (Fsp3) is 0.615. The van der Waals surface area contributed by atoms with Crippen molar-refractivity contribution in [2.75, 3.05) is 33.5 Å². The summed E-state index contributed by atoms with van der Waals surface area (Å²) in [5, 5.41) is 2.42. The lowest BCUT2D eigenvalue weighted by Gasteiger charge is -2.13. The molecule has 0 spiro atoms. The fourth-order valence-corrected chi connectivity index (χ4v) is 1.28. The Labute approximate surface area is 123 Å². The first-order valence-corrected chi connectivity index (χ1v) is 6.49. The van der Waals surface area contributed by atoms with Gasteiger partial charge in [-0.05, 0) is 13.3 Å². The maximum absolute atomic E-state index is 11.5. The Morgan fingerprint density at radius 1 is 1.29 bits per heavy atom. The van der Waals surface area contributed by atoms with Gasteiger partial charge in [-0.3, -0.25) is 9.59 Å². The molecular formula is C13H22N2O6. The number of amides is 2. The Balaban J connectivity index is 4.15. The quantitative estimate of drug-likeness (QED) is 0.291. The molecule has 0 rings (SSSR count). The van der Waals surface area contributed by atoms with E-state index in [1.165, 1.54) is 19.3 Å². The Morgan fingerprint density at radius 3 is 2.57 bits per heavy atom. The van der Waals surface area contributed by atoms with Crippen LogP contribution in [0, 0.1) is 0 Å². The van der Waals surface area contributed by atoms with Gasteiger partial charge < -0.3 is 25.3 Å². The van der Waals surface area contributed by atoms with Crippen molar-refractivity contribution in [1.82, 2.24) is 5.32 Å². The molecule has 0 radical (unpaired) electrons. The summed E-state index contributed by atoms with van der Waals surface area (Å²) in [5.74, 6) is -1.69. The number of hydrogen-bond acceptors (Lipinski definition) is 6. The molecule has 8 heteroatoms. The average molecular weight is 302 g/mol. The van der Waals surface area contributed by atoms with Gasteiger partial charge in [0.2, 0.25) is 11.8 Å². The minimum Gasteiger partial charge on any atom is -0.463 e. The minimum absolute atomic E-state index is 0.0952. The summed E-state index contributed by atoms with van der Waals surface area (Å²) in [6, 6.07) is -0.908. The summed E-state index contributed by atoms with van der Waals surface area (Å²) >= 11 is 0. The van der Waals surface area contributed by atoms with Crippen molar-refractivity contribution in [2.24, 2.45) is 5.73 Å². The molecule has 0 aromatic heterocycles. The highest BCUT2D eigenvalue weighted by Crippen LogP contribution is 1.95. The molecule has 8 nitrogen and oxygen atoms in total. The molecule has 0 aliphatic carbocycles. The zero-order valence-electron chi connectivity index (χ0n) is 12.3. The van der Waals surface area contributed by atoms with Gasteiger partial charge >= 0.3 is 5.97 Å². The highest BCUT2D eigenvalue weighted by molar-refractivity contribution is 5.87. The molecule has 0 aliphatic heterocycles. The lowest BCUT2D eigenvalue weighted by Crippen LogP contribution is -2.45. The van der Waals surface area contributed by atoms with Crippen LogP contribution in [-0.2, 0) is 28.6 Å². The van der Waals surface area contributed by atoms with Crippen molar-refractivity contribution < 1.29 is 28.6 Å². The summed E-state index contributed by atoms with van der Waals surface area (Å²) < 4.78 is 14.4. The zero-order valence-corrected chi connectivity index (χ0v) is 12.3. The second-order valence-corrected chi connectivity index (χ2v) is 3.96. The summed E-state index contributed by atoms with van der Waals surface area (Å²) in [4.78, 5) is 33.8. The van der Waals surface area contributed by atoms with Crippen LogP contribution in [0.15, 0.2) is 12.2 Å². The van der Waals surface area contributed by atoms with Gasteiger partial charge in [-0.2, -0.15) is 0 Å². The van der Waals surface area contributed by atoms with E-state index in [4.69, 9.17) is 15.2 Å². The number of esters is 1. The van der Waals surface area contributed by atoms with Gasteiger partial charge in [0.05, 0.1) is 19.8 Å². The predicted molar refractivity (Wildman–Crippen MR) is 74.2 cm³/mol. The van der Waals surface area contributed by atoms with Crippen molar-refractivity contribution in [3.05, 3.63) is 12.2 Å². The monoisotopic (exact) mass is 302 g/mol. The van der Waals surface area contributed by atoms with E-state index in [1.54, 1.807) is 6.92 Å². The van der Waals surface area contributed by atoms with Gasteiger partial charge in [0.15, 0.2) is 0 Å². The van der Waals surface area contributed by atoms with Crippen LogP contribution >= 0.6 is 0 Å². The van der Waals surface area contributed by atoms with E-state index in [-0.39, 0.29) is 26.2 Å². The smallest absolute Gasteiger partial charge is 0.330 e. The average Bonchev–Trinajstić information content (AvgIpc) is 2.42. The molecule has 3 N–H and O–H groups in total. The molecule has 0 aromatic carbocycles. The second kappa shape index (κ2) is 11.9. The van der Waals surface area contributed by atoms with Crippen LogP contribution in [0.3, 0.4) is 0 Å². The number of methoxy groups -OCH3 is 1. The normalized spacial score (nSPS) is 12.1. The summed E-state index contributed by atoms with van der Waals surface area (Å²) in [6.45, 7) is 2.39. The molecule has 0 unspecified atom stereocenters. The number of carbonyl (C=O) groups is 3. The topological polar surface area (TPSA) is 117 Å². The molecule has 0 heterocycles. The van der Waals surface area contributed by atoms with E-state index >= 15 is 0 Å². The van der Waals surface area contributed by atoms with Gasteiger partial charge in [-0.15, -0.1) is 0 Å². The summed E-state index contributed by atoms with van der Waals surface area (Å²) in [5.41, 5.74) is 5.17. The van der Waals surface area contributed by atoms with E-state index in [2.05, 4.69) is 10.1 Å². The van der Waals surface area contributed by atoms with Crippen molar-refractivity contribution in [3.8, 4) is 0 Å². The van der Waals surface area contributed by atoms with Crippen LogP contribution in [0.5, 0.6) is 0 Å². The van der Waals surface area contributed by atoms with Gasteiger partial charge in [-0.1, -0.05) is 6.08 Å². The van der Waals surface area contributed by atoms with E-state index < -0.39 is 23.8 Å². The largest absolute Gasteiger partial charge is 0.463 e. The van der Waals surface area contributed by atoms with Crippen molar-refractivity contribution in [3.63, 3.8) is 0 Å². The van der Waals surface area contributed by atoms with Gasteiger partial charge in [0.25, 0.3) is 0 Å². The number of nitrogens with one attached hydrogen (secondary N) is 1. The SMILES string of the molecule is CCOC(=O)/C=C/C[C@H](NC(=O)COCCOC)C(N)=O. The second-order valence-electron chi connectivity index (χ2n) is 3.96. The number of carbonyl (C=O) groups excluding carboxylic acids is 3. The molecular weight excluding hydrogens is 280 g/mol. The van der Waals surface area contributed by atoms with Crippen LogP contribution in [0.1, 0.15) is 13.3 Å². The maximum atomic E-state index is 11.5. The van der Waals surface area contributed by atoms with E-state index in [1.807, 2.05) is 0 Å². The summed E-state index contributed by atoms with van der Waals surface area (Å²) in [7, 11) is 1.52. The third-order valence-electron chi connectivity index (χ3n) is 2.26. The number of ether oxygens (including phenoxy) is 3. The van der Waals surface area contributed by atoms with Crippen LogP contribution in [0.25, 0.3) is 0 Å². The molecule has 0 saturated heterocycles. The first-order valence-electron chi connectivity index (χ1n) is 6.49. The molecule has 2 amide bonds. The molecule has 0 aromatic rings. The standard InChI is InChI=1S/C13H22N2O6/c1-3-21-12(17)6-4-5-10(13(14)18)15-11(16)9-20-8-7-19-2/h4,6,10H,3,5,7-9H2,1-2H3,(H2,14,18)(H,15,16)/b6-4+/t10-/m0/s1. The van der Waals surface area contributed by atoms with E-state index in [0.29, 0.717) is 6.61 Å². The van der Waals surface area contributed by atoms with Crippen molar-refractivity contribution in [2.45, 2.75) is 19.4 Å². The highest BCUT2D eigenvalue weighted by Gasteiger charge is 2.16. The van der Waals surface area contributed by atoms with Gasteiger partial charge in [0.1, 0.15) is 12.6 Å². The van der Waals surface area contributed by atoms with E-state index in [9.17, 15) is 14.4 Å².